The molecule has 1 N–H and O–H groups in total. The van der Waals surface area contributed by atoms with Crippen LogP contribution < -0.4 is 10.1 Å². The summed E-state index contributed by atoms with van der Waals surface area (Å²) in [6, 6.07) is 15.4. The standard InChI is InChI=1S/C22H24N2O3/c1-15(14-24-12-6-11-20(24)25)13-23-22(26)21-16-7-2-4-9-18(16)27-19-10-5-3-8-17(19)21/h2-5,7-10,15,21H,6,11-14H2,1H3,(H,23,26)/t15-/m0/s1. The number of para-hydroxylation sites is 2. The SMILES string of the molecule is C[C@@H](CNC(=O)C1c2ccccc2Oc2ccccc21)CN1CCCC1=O. The van der Waals surface area contributed by atoms with Gasteiger partial charge in [0.05, 0.1) is 5.92 Å². The normalized spacial score (nSPS) is 17.1. The van der Waals surface area contributed by atoms with E-state index in [0.29, 0.717) is 19.5 Å². The third-order valence-electron chi connectivity index (χ3n) is 5.27. The van der Waals surface area contributed by atoms with Gasteiger partial charge in [-0.15, -0.1) is 0 Å². The molecular formula is C22H24N2O3. The Bertz CT molecular complexity index is 819. The maximum Gasteiger partial charge on any atom is 0.232 e. The molecule has 0 saturated carbocycles. The van der Waals surface area contributed by atoms with E-state index in [1.807, 2.05) is 53.4 Å². The van der Waals surface area contributed by atoms with E-state index in [4.69, 9.17) is 4.74 Å². The Hall–Kier alpha value is -2.82. The molecule has 140 valence electrons. The van der Waals surface area contributed by atoms with Gasteiger partial charge in [0.1, 0.15) is 11.5 Å². The summed E-state index contributed by atoms with van der Waals surface area (Å²) >= 11 is 0. The van der Waals surface area contributed by atoms with Crippen molar-refractivity contribution in [2.75, 3.05) is 19.6 Å². The lowest BCUT2D eigenvalue weighted by Crippen LogP contribution is -2.38. The van der Waals surface area contributed by atoms with Crippen molar-refractivity contribution in [2.45, 2.75) is 25.7 Å². The van der Waals surface area contributed by atoms with Crippen molar-refractivity contribution in [3.63, 3.8) is 0 Å². The van der Waals surface area contributed by atoms with Gasteiger partial charge in [0, 0.05) is 37.2 Å². The Morgan fingerprint density at radius 2 is 1.78 bits per heavy atom. The first-order valence-corrected chi connectivity index (χ1v) is 9.54. The molecule has 5 nitrogen and oxygen atoms in total. The largest absolute Gasteiger partial charge is 0.457 e. The number of carbonyl (C=O) groups excluding carboxylic acids is 2. The van der Waals surface area contributed by atoms with Crippen LogP contribution in [0.4, 0.5) is 0 Å². The van der Waals surface area contributed by atoms with Gasteiger partial charge in [-0.25, -0.2) is 0 Å². The van der Waals surface area contributed by atoms with Crippen molar-refractivity contribution in [1.29, 1.82) is 0 Å². The Morgan fingerprint density at radius 1 is 1.15 bits per heavy atom. The van der Waals surface area contributed by atoms with Crippen LogP contribution in [0.5, 0.6) is 11.5 Å². The summed E-state index contributed by atoms with van der Waals surface area (Å²) in [6.45, 7) is 4.14. The van der Waals surface area contributed by atoms with Crippen LogP contribution in [0.3, 0.4) is 0 Å². The highest BCUT2D eigenvalue weighted by Gasteiger charge is 2.32. The van der Waals surface area contributed by atoms with Crippen molar-refractivity contribution in [2.24, 2.45) is 5.92 Å². The van der Waals surface area contributed by atoms with E-state index in [2.05, 4.69) is 12.2 Å². The van der Waals surface area contributed by atoms with Crippen LogP contribution in [0.1, 0.15) is 36.8 Å². The molecule has 4 rings (SSSR count). The molecule has 5 heteroatoms. The first-order chi connectivity index (χ1) is 13.1. The van der Waals surface area contributed by atoms with E-state index in [-0.39, 0.29) is 23.7 Å². The first kappa shape index (κ1) is 17.6. The van der Waals surface area contributed by atoms with E-state index in [9.17, 15) is 9.59 Å². The van der Waals surface area contributed by atoms with E-state index in [1.54, 1.807) is 0 Å². The smallest absolute Gasteiger partial charge is 0.232 e. The molecule has 2 aromatic rings. The molecule has 0 aliphatic carbocycles. The van der Waals surface area contributed by atoms with Crippen molar-refractivity contribution >= 4 is 11.8 Å². The molecule has 2 aliphatic rings. The monoisotopic (exact) mass is 364 g/mol. The van der Waals surface area contributed by atoms with Crippen LogP contribution in [0.25, 0.3) is 0 Å². The third-order valence-corrected chi connectivity index (χ3v) is 5.27. The van der Waals surface area contributed by atoms with Gasteiger partial charge in [0.2, 0.25) is 11.8 Å². The quantitative estimate of drug-likeness (QED) is 0.886. The summed E-state index contributed by atoms with van der Waals surface area (Å²) < 4.78 is 5.96. The van der Waals surface area contributed by atoms with Crippen LogP contribution in [0, 0.1) is 5.92 Å². The second kappa shape index (κ2) is 7.43. The minimum absolute atomic E-state index is 0.0298. The molecule has 0 spiro atoms. The van der Waals surface area contributed by atoms with Crippen LogP contribution in [0.15, 0.2) is 48.5 Å². The molecule has 2 amide bonds. The zero-order valence-corrected chi connectivity index (χ0v) is 15.5. The topological polar surface area (TPSA) is 58.6 Å². The number of nitrogens with zero attached hydrogens (tertiary/aromatic N) is 1. The van der Waals surface area contributed by atoms with Crippen molar-refractivity contribution in [3.05, 3.63) is 59.7 Å². The number of carbonyl (C=O) groups is 2. The van der Waals surface area contributed by atoms with Crippen LogP contribution in [-0.2, 0) is 9.59 Å². The molecule has 2 aliphatic heterocycles. The van der Waals surface area contributed by atoms with Gasteiger partial charge in [-0.3, -0.25) is 9.59 Å². The van der Waals surface area contributed by atoms with Gasteiger partial charge in [-0.2, -0.15) is 0 Å². The number of nitrogens with one attached hydrogen (secondary N) is 1. The molecule has 27 heavy (non-hydrogen) atoms. The summed E-state index contributed by atoms with van der Waals surface area (Å²) in [4.78, 5) is 26.8. The summed E-state index contributed by atoms with van der Waals surface area (Å²) in [5.41, 5.74) is 1.77. The number of hydrogen-bond acceptors (Lipinski definition) is 3. The summed E-state index contributed by atoms with van der Waals surface area (Å²) in [5, 5.41) is 3.09. The molecule has 0 unspecified atom stereocenters. The number of amides is 2. The second-order valence-corrected chi connectivity index (χ2v) is 7.40. The fraction of sp³-hybridized carbons (Fsp3) is 0.364. The highest BCUT2D eigenvalue weighted by atomic mass is 16.5. The number of ether oxygens (including phenoxy) is 1. The lowest BCUT2D eigenvalue weighted by atomic mass is 9.87. The number of benzene rings is 2. The summed E-state index contributed by atoms with van der Waals surface area (Å²) in [6.07, 6.45) is 1.59. The number of fused-ring (bicyclic) bond motifs is 2. The molecule has 2 heterocycles. The highest BCUT2D eigenvalue weighted by molar-refractivity contribution is 5.89. The predicted molar refractivity (Wildman–Crippen MR) is 103 cm³/mol. The van der Waals surface area contributed by atoms with Crippen LogP contribution in [0.2, 0.25) is 0 Å². The molecule has 0 bridgehead atoms. The average Bonchev–Trinajstić information content (AvgIpc) is 3.08. The molecule has 1 saturated heterocycles. The van der Waals surface area contributed by atoms with Gasteiger partial charge in [0.15, 0.2) is 0 Å². The lowest BCUT2D eigenvalue weighted by Gasteiger charge is -2.28. The van der Waals surface area contributed by atoms with Gasteiger partial charge in [-0.05, 0) is 24.5 Å². The minimum atomic E-state index is -0.383. The Labute approximate surface area is 159 Å². The maximum atomic E-state index is 13.1. The van der Waals surface area contributed by atoms with E-state index in [1.165, 1.54) is 0 Å². The summed E-state index contributed by atoms with van der Waals surface area (Å²) in [7, 11) is 0. The average molecular weight is 364 g/mol. The Morgan fingerprint density at radius 3 is 2.37 bits per heavy atom. The fourth-order valence-corrected chi connectivity index (χ4v) is 3.91. The van der Waals surface area contributed by atoms with Crippen molar-refractivity contribution in [3.8, 4) is 11.5 Å². The lowest BCUT2D eigenvalue weighted by molar-refractivity contribution is -0.128. The summed E-state index contributed by atoms with van der Waals surface area (Å²) in [5.74, 6) is 1.48. The van der Waals surface area contributed by atoms with Crippen LogP contribution in [-0.4, -0.2) is 36.3 Å². The Balaban J connectivity index is 1.48. The first-order valence-electron chi connectivity index (χ1n) is 9.54. The van der Waals surface area contributed by atoms with E-state index >= 15 is 0 Å². The zero-order valence-electron chi connectivity index (χ0n) is 15.5. The molecule has 0 aromatic heterocycles. The Kier molecular flexibility index (Phi) is 4.84. The molecule has 2 aromatic carbocycles. The van der Waals surface area contributed by atoms with E-state index in [0.717, 1.165) is 35.6 Å². The second-order valence-electron chi connectivity index (χ2n) is 7.40. The van der Waals surface area contributed by atoms with Crippen molar-refractivity contribution < 1.29 is 14.3 Å². The molecule has 0 radical (unpaired) electrons. The maximum absolute atomic E-state index is 13.1. The van der Waals surface area contributed by atoms with Gasteiger partial charge < -0.3 is 15.0 Å². The number of rotatable bonds is 5. The van der Waals surface area contributed by atoms with Gasteiger partial charge in [0.25, 0.3) is 0 Å². The molecule has 1 fully saturated rings. The van der Waals surface area contributed by atoms with Crippen molar-refractivity contribution in [1.82, 2.24) is 10.2 Å². The number of likely N-dealkylation sites (tertiary alicyclic amines) is 1. The van der Waals surface area contributed by atoms with E-state index < -0.39 is 0 Å². The van der Waals surface area contributed by atoms with Crippen LogP contribution >= 0.6 is 0 Å². The third kappa shape index (κ3) is 3.54. The molecular weight excluding hydrogens is 340 g/mol. The fourth-order valence-electron chi connectivity index (χ4n) is 3.91. The minimum Gasteiger partial charge on any atom is -0.457 e. The molecule has 1 atom stereocenters. The van der Waals surface area contributed by atoms with Gasteiger partial charge >= 0.3 is 0 Å². The predicted octanol–water partition coefficient (Wildman–Crippen LogP) is 3.30. The zero-order chi connectivity index (χ0) is 18.8. The van der Waals surface area contributed by atoms with Gasteiger partial charge in [-0.1, -0.05) is 43.3 Å². The number of hydrogen-bond donors (Lipinski definition) is 1. The highest BCUT2D eigenvalue weighted by Crippen LogP contribution is 2.43.